The standard InChI is InChI=1S/C5H9Cl2NO4/c6-1-3-11-8(5(9)10)12-4-2-7/h1-4H2,(H,9,10). The van der Waals surface area contributed by atoms with E-state index in [9.17, 15) is 4.79 Å². The summed E-state index contributed by atoms with van der Waals surface area (Å²) in [5, 5.41) is 8.75. The Morgan fingerprint density at radius 2 is 1.67 bits per heavy atom. The van der Waals surface area contributed by atoms with Gasteiger partial charge < -0.3 is 5.11 Å². The molecule has 0 saturated carbocycles. The van der Waals surface area contributed by atoms with Crippen molar-refractivity contribution in [3.05, 3.63) is 0 Å². The molecule has 0 aliphatic carbocycles. The maximum absolute atomic E-state index is 10.3. The molecule has 1 N–H and O–H groups in total. The topological polar surface area (TPSA) is 59.0 Å². The number of hydrogen-bond acceptors (Lipinski definition) is 3. The Bertz CT molecular complexity index is 127. The highest BCUT2D eigenvalue weighted by Crippen LogP contribution is 1.94. The van der Waals surface area contributed by atoms with Gasteiger partial charge in [0, 0.05) is 11.8 Å². The Kier molecular flexibility index (Phi) is 7.28. The lowest BCUT2D eigenvalue weighted by Crippen LogP contribution is -2.31. The molecule has 0 heterocycles. The molecule has 72 valence electrons. The van der Waals surface area contributed by atoms with Crippen LogP contribution in [-0.2, 0) is 9.68 Å². The fourth-order valence-electron chi connectivity index (χ4n) is 0.383. The number of alkyl halides is 2. The highest BCUT2D eigenvalue weighted by molar-refractivity contribution is 6.18. The first-order valence-electron chi connectivity index (χ1n) is 3.13. The Balaban J connectivity index is 3.62. The maximum atomic E-state index is 10.3. The first-order valence-corrected chi connectivity index (χ1v) is 4.20. The highest BCUT2D eigenvalue weighted by atomic mass is 35.5. The predicted octanol–water partition coefficient (Wildman–Crippen LogP) is 1.31. The van der Waals surface area contributed by atoms with Gasteiger partial charge in [-0.3, -0.25) is 0 Å². The Hall–Kier alpha value is -0.230. The van der Waals surface area contributed by atoms with E-state index in [1.165, 1.54) is 0 Å². The molecule has 0 aromatic rings. The van der Waals surface area contributed by atoms with Crippen molar-refractivity contribution >= 4 is 29.3 Å². The SMILES string of the molecule is O=C(O)N(OCCCl)OCCCl. The molecule has 0 aliphatic heterocycles. The summed E-state index contributed by atoms with van der Waals surface area (Å²) in [6.07, 6.45) is -1.34. The predicted molar refractivity (Wildman–Crippen MR) is 43.2 cm³/mol. The summed E-state index contributed by atoms with van der Waals surface area (Å²) in [4.78, 5) is 19.5. The summed E-state index contributed by atoms with van der Waals surface area (Å²) in [6.45, 7) is 0.131. The lowest BCUT2D eigenvalue weighted by Gasteiger charge is -2.15. The molecule has 0 saturated heterocycles. The second kappa shape index (κ2) is 7.42. The maximum Gasteiger partial charge on any atom is 0.457 e. The van der Waals surface area contributed by atoms with Crippen molar-refractivity contribution in [3.8, 4) is 0 Å². The van der Waals surface area contributed by atoms with Crippen LogP contribution in [0, 0.1) is 0 Å². The molecule has 0 rings (SSSR count). The van der Waals surface area contributed by atoms with Crippen LogP contribution in [0.25, 0.3) is 0 Å². The van der Waals surface area contributed by atoms with E-state index in [2.05, 4.69) is 9.68 Å². The molecule has 0 aliphatic rings. The molecule has 12 heavy (non-hydrogen) atoms. The van der Waals surface area contributed by atoms with Crippen molar-refractivity contribution < 1.29 is 19.6 Å². The Labute approximate surface area is 79.7 Å². The van der Waals surface area contributed by atoms with Crippen LogP contribution in [0.5, 0.6) is 0 Å². The molecule has 0 atom stereocenters. The molecule has 0 aromatic carbocycles. The number of carbonyl (C=O) groups is 1. The van der Waals surface area contributed by atoms with E-state index in [0.29, 0.717) is 5.23 Å². The summed E-state index contributed by atoms with van der Waals surface area (Å²) >= 11 is 10.5. The van der Waals surface area contributed by atoms with Gasteiger partial charge >= 0.3 is 6.09 Å². The molecule has 1 amide bonds. The van der Waals surface area contributed by atoms with Gasteiger partial charge in [0.15, 0.2) is 0 Å². The summed E-state index contributed by atoms with van der Waals surface area (Å²) in [7, 11) is 0. The van der Waals surface area contributed by atoms with Crippen molar-refractivity contribution in [1.29, 1.82) is 0 Å². The van der Waals surface area contributed by atoms with Crippen molar-refractivity contribution in [2.24, 2.45) is 0 Å². The third kappa shape index (κ3) is 5.42. The van der Waals surface area contributed by atoms with Gasteiger partial charge in [-0.05, 0) is 5.23 Å². The van der Waals surface area contributed by atoms with E-state index < -0.39 is 6.09 Å². The lowest BCUT2D eigenvalue weighted by atomic mass is 10.9. The summed E-state index contributed by atoms with van der Waals surface area (Å²) in [5.41, 5.74) is 0. The third-order valence-electron chi connectivity index (χ3n) is 0.728. The second-order valence-corrected chi connectivity index (χ2v) is 2.34. The zero-order chi connectivity index (χ0) is 9.40. The monoisotopic (exact) mass is 217 g/mol. The molecule has 0 aromatic heterocycles. The van der Waals surface area contributed by atoms with Gasteiger partial charge in [-0.25, -0.2) is 14.5 Å². The van der Waals surface area contributed by atoms with Crippen molar-refractivity contribution in [2.45, 2.75) is 0 Å². The van der Waals surface area contributed by atoms with Crippen LogP contribution in [0.4, 0.5) is 4.79 Å². The van der Waals surface area contributed by atoms with Gasteiger partial charge in [-0.2, -0.15) is 0 Å². The fraction of sp³-hybridized carbons (Fsp3) is 0.800. The molecule has 0 radical (unpaired) electrons. The first-order chi connectivity index (χ1) is 5.72. The smallest absolute Gasteiger partial charge is 0.457 e. The van der Waals surface area contributed by atoms with Gasteiger partial charge in [0.2, 0.25) is 0 Å². The summed E-state index contributed by atoms with van der Waals surface area (Å²) in [5.74, 6) is 0.377. The Morgan fingerprint density at radius 3 is 1.92 bits per heavy atom. The van der Waals surface area contributed by atoms with Gasteiger partial charge in [0.25, 0.3) is 0 Å². The van der Waals surface area contributed by atoms with Gasteiger partial charge in [0.1, 0.15) is 0 Å². The number of hydroxylamine groups is 2. The van der Waals surface area contributed by atoms with Crippen LogP contribution in [-0.4, -0.2) is 41.4 Å². The summed E-state index contributed by atoms with van der Waals surface area (Å²) in [6, 6.07) is 0. The zero-order valence-electron chi connectivity index (χ0n) is 6.20. The van der Waals surface area contributed by atoms with E-state index in [4.69, 9.17) is 28.3 Å². The molecule has 0 spiro atoms. The number of nitrogens with zero attached hydrogens (tertiary/aromatic N) is 1. The minimum atomic E-state index is -1.34. The molecule has 0 unspecified atom stereocenters. The van der Waals surface area contributed by atoms with Crippen molar-refractivity contribution in [2.75, 3.05) is 25.0 Å². The van der Waals surface area contributed by atoms with Crippen LogP contribution in [0.1, 0.15) is 0 Å². The fourth-order valence-corrected chi connectivity index (χ4v) is 0.521. The molecule has 7 heteroatoms. The molecular formula is C5H9Cl2NO4. The Morgan fingerprint density at radius 1 is 1.25 bits per heavy atom. The molecule has 5 nitrogen and oxygen atoms in total. The quantitative estimate of drug-likeness (QED) is 0.539. The second-order valence-electron chi connectivity index (χ2n) is 1.58. The van der Waals surface area contributed by atoms with Crippen LogP contribution in [0.15, 0.2) is 0 Å². The van der Waals surface area contributed by atoms with E-state index in [-0.39, 0.29) is 25.0 Å². The summed E-state index contributed by atoms with van der Waals surface area (Å²) < 4.78 is 0. The minimum absolute atomic E-state index is 0.0656. The number of rotatable bonds is 6. The lowest BCUT2D eigenvalue weighted by molar-refractivity contribution is -0.329. The number of amides is 1. The molecule has 0 bridgehead atoms. The average molecular weight is 218 g/mol. The largest absolute Gasteiger partial charge is 0.462 e. The van der Waals surface area contributed by atoms with E-state index in [0.717, 1.165) is 0 Å². The van der Waals surface area contributed by atoms with E-state index >= 15 is 0 Å². The first kappa shape index (κ1) is 11.8. The zero-order valence-corrected chi connectivity index (χ0v) is 7.72. The van der Waals surface area contributed by atoms with Crippen molar-refractivity contribution in [1.82, 2.24) is 5.23 Å². The van der Waals surface area contributed by atoms with Gasteiger partial charge in [-0.1, -0.05) is 0 Å². The van der Waals surface area contributed by atoms with Gasteiger partial charge in [-0.15, -0.1) is 23.2 Å². The molecule has 0 fully saturated rings. The van der Waals surface area contributed by atoms with Crippen LogP contribution < -0.4 is 0 Å². The average Bonchev–Trinajstić information content (AvgIpc) is 2.04. The minimum Gasteiger partial charge on any atom is -0.462 e. The van der Waals surface area contributed by atoms with Crippen LogP contribution in [0.3, 0.4) is 0 Å². The van der Waals surface area contributed by atoms with Crippen LogP contribution >= 0.6 is 23.2 Å². The van der Waals surface area contributed by atoms with E-state index in [1.54, 1.807) is 0 Å². The normalized spacial score (nSPS) is 9.83. The number of halogens is 2. The number of hydrogen-bond donors (Lipinski definition) is 1. The third-order valence-corrected chi connectivity index (χ3v) is 1.04. The molecular weight excluding hydrogens is 209 g/mol. The van der Waals surface area contributed by atoms with Crippen LogP contribution in [0.2, 0.25) is 0 Å². The van der Waals surface area contributed by atoms with Crippen molar-refractivity contribution in [3.63, 3.8) is 0 Å². The number of carboxylic acid groups (broad SMARTS) is 1. The van der Waals surface area contributed by atoms with Gasteiger partial charge in [0.05, 0.1) is 13.2 Å². The highest BCUT2D eigenvalue weighted by Gasteiger charge is 2.12. The van der Waals surface area contributed by atoms with E-state index in [1.807, 2.05) is 0 Å².